The highest BCUT2D eigenvalue weighted by atomic mass is 35.5. The van der Waals surface area contributed by atoms with Gasteiger partial charge in [-0.05, 0) is 24.1 Å². The van der Waals surface area contributed by atoms with Gasteiger partial charge >= 0.3 is 0 Å². The van der Waals surface area contributed by atoms with E-state index in [0.717, 1.165) is 67.3 Å². The van der Waals surface area contributed by atoms with Crippen LogP contribution in [0.15, 0.2) is 59.3 Å². The van der Waals surface area contributed by atoms with Crippen molar-refractivity contribution in [2.75, 3.05) is 32.8 Å². The summed E-state index contributed by atoms with van der Waals surface area (Å²) < 4.78 is 13.4. The smallest absolute Gasteiger partial charge is 0.260 e. The van der Waals surface area contributed by atoms with Gasteiger partial charge in [0.05, 0.1) is 18.8 Å². The fraction of sp³-hybridized carbons (Fsp3) is 0.333. The lowest BCUT2D eigenvalue weighted by Crippen LogP contribution is -2.38. The number of rotatable bonds is 7. The van der Waals surface area contributed by atoms with Crippen LogP contribution in [0.5, 0.6) is 0 Å². The number of ether oxygens (including phenoxy) is 1. The standard InChI is InChI=1S/C24H25ClN4O2/c25-21-7-3-1-5-18(21)9-10-23-26-24(31-27-23)20-17-29(22-8-4-2-6-19(20)22)12-11-28-13-15-30-16-14-28/h1-8,17H,9-16H2. The van der Waals surface area contributed by atoms with Crippen LogP contribution in [-0.4, -0.2) is 52.5 Å². The van der Waals surface area contributed by atoms with Crippen LogP contribution in [0.25, 0.3) is 22.4 Å². The maximum absolute atomic E-state index is 6.27. The second kappa shape index (κ2) is 9.22. The fourth-order valence-corrected chi connectivity index (χ4v) is 4.32. The quantitative estimate of drug-likeness (QED) is 0.428. The zero-order chi connectivity index (χ0) is 21.0. The Morgan fingerprint density at radius 1 is 0.935 bits per heavy atom. The van der Waals surface area contributed by atoms with Crippen molar-refractivity contribution >= 4 is 22.5 Å². The van der Waals surface area contributed by atoms with E-state index in [0.29, 0.717) is 18.1 Å². The Kier molecular flexibility index (Phi) is 6.02. The van der Waals surface area contributed by atoms with Crippen molar-refractivity contribution in [1.82, 2.24) is 19.6 Å². The number of hydrogen-bond donors (Lipinski definition) is 0. The Morgan fingerprint density at radius 2 is 1.74 bits per heavy atom. The van der Waals surface area contributed by atoms with Crippen LogP contribution in [-0.2, 0) is 24.1 Å². The molecule has 31 heavy (non-hydrogen) atoms. The molecule has 5 rings (SSSR count). The van der Waals surface area contributed by atoms with Crippen molar-refractivity contribution in [3.63, 3.8) is 0 Å². The molecule has 0 unspecified atom stereocenters. The van der Waals surface area contributed by atoms with Gasteiger partial charge in [-0.3, -0.25) is 4.90 Å². The monoisotopic (exact) mass is 436 g/mol. The molecule has 6 nitrogen and oxygen atoms in total. The van der Waals surface area contributed by atoms with Crippen molar-refractivity contribution in [3.05, 3.63) is 71.1 Å². The molecule has 4 aromatic rings. The summed E-state index contributed by atoms with van der Waals surface area (Å²) in [4.78, 5) is 7.12. The second-order valence-corrected chi connectivity index (χ2v) is 8.22. The fourth-order valence-electron chi connectivity index (χ4n) is 4.09. The molecule has 7 heteroatoms. The maximum atomic E-state index is 6.27. The third-order valence-corrected chi connectivity index (χ3v) is 6.19. The highest BCUT2D eigenvalue weighted by molar-refractivity contribution is 6.31. The van der Waals surface area contributed by atoms with E-state index in [4.69, 9.17) is 20.9 Å². The normalized spacial score (nSPS) is 15.0. The van der Waals surface area contributed by atoms with E-state index in [1.165, 1.54) is 5.52 Å². The topological polar surface area (TPSA) is 56.3 Å². The Hall–Kier alpha value is -2.67. The zero-order valence-electron chi connectivity index (χ0n) is 17.3. The van der Waals surface area contributed by atoms with Gasteiger partial charge < -0.3 is 13.8 Å². The van der Waals surface area contributed by atoms with E-state index in [1.807, 2.05) is 30.3 Å². The van der Waals surface area contributed by atoms with Crippen molar-refractivity contribution in [3.8, 4) is 11.5 Å². The van der Waals surface area contributed by atoms with Crippen LogP contribution in [0.3, 0.4) is 0 Å². The summed E-state index contributed by atoms with van der Waals surface area (Å²) in [5.74, 6) is 1.26. The molecule has 0 atom stereocenters. The maximum Gasteiger partial charge on any atom is 0.260 e. The highest BCUT2D eigenvalue weighted by Crippen LogP contribution is 2.30. The largest absolute Gasteiger partial charge is 0.379 e. The lowest BCUT2D eigenvalue weighted by Gasteiger charge is -2.26. The van der Waals surface area contributed by atoms with Crippen molar-refractivity contribution in [1.29, 1.82) is 0 Å². The van der Waals surface area contributed by atoms with Gasteiger partial charge in [-0.1, -0.05) is 53.2 Å². The summed E-state index contributed by atoms with van der Waals surface area (Å²) in [6, 6.07) is 16.3. The number of halogens is 1. The minimum absolute atomic E-state index is 0.565. The Labute approximate surface area is 186 Å². The SMILES string of the molecule is Clc1ccccc1CCc1noc(-c2cn(CCN3CCOCC3)c3ccccc23)n1. The minimum atomic E-state index is 0.565. The van der Waals surface area contributed by atoms with Crippen LogP contribution in [0.4, 0.5) is 0 Å². The predicted octanol–water partition coefficient (Wildman–Crippen LogP) is 4.46. The van der Waals surface area contributed by atoms with E-state index in [2.05, 4.69) is 44.0 Å². The van der Waals surface area contributed by atoms with Crippen LogP contribution in [0.1, 0.15) is 11.4 Å². The lowest BCUT2D eigenvalue weighted by molar-refractivity contribution is 0.0365. The van der Waals surface area contributed by atoms with Crippen LogP contribution >= 0.6 is 11.6 Å². The molecule has 2 aromatic heterocycles. The number of hydrogen-bond acceptors (Lipinski definition) is 5. The summed E-state index contributed by atoms with van der Waals surface area (Å²) in [5.41, 5.74) is 3.26. The number of morpholine rings is 1. The first kappa shape index (κ1) is 20.2. The van der Waals surface area contributed by atoms with E-state index < -0.39 is 0 Å². The number of fused-ring (bicyclic) bond motifs is 1. The third-order valence-electron chi connectivity index (χ3n) is 5.82. The minimum Gasteiger partial charge on any atom is -0.379 e. The molecule has 2 aromatic carbocycles. The zero-order valence-corrected chi connectivity index (χ0v) is 18.1. The van der Waals surface area contributed by atoms with Gasteiger partial charge in [-0.2, -0.15) is 4.98 Å². The van der Waals surface area contributed by atoms with Gasteiger partial charge in [0.2, 0.25) is 0 Å². The molecule has 1 aliphatic rings. The number of benzene rings is 2. The molecule has 0 spiro atoms. The first-order valence-electron chi connectivity index (χ1n) is 10.7. The first-order valence-corrected chi connectivity index (χ1v) is 11.1. The van der Waals surface area contributed by atoms with Crippen LogP contribution in [0.2, 0.25) is 5.02 Å². The molecule has 1 fully saturated rings. The third kappa shape index (κ3) is 4.51. The molecule has 0 saturated carbocycles. The highest BCUT2D eigenvalue weighted by Gasteiger charge is 2.17. The molecule has 0 aliphatic carbocycles. The Balaban J connectivity index is 1.34. The average molecular weight is 437 g/mol. The number of aromatic nitrogens is 3. The van der Waals surface area contributed by atoms with E-state index in [9.17, 15) is 0 Å². The van der Waals surface area contributed by atoms with Gasteiger partial charge in [-0.15, -0.1) is 0 Å². The molecule has 0 bridgehead atoms. The van der Waals surface area contributed by atoms with Gasteiger partial charge in [-0.25, -0.2) is 0 Å². The van der Waals surface area contributed by atoms with Crippen molar-refractivity contribution < 1.29 is 9.26 Å². The van der Waals surface area contributed by atoms with Gasteiger partial charge in [0, 0.05) is 54.7 Å². The summed E-state index contributed by atoms with van der Waals surface area (Å²) >= 11 is 6.27. The number of aryl methyl sites for hydroxylation is 2. The van der Waals surface area contributed by atoms with Crippen LogP contribution < -0.4 is 0 Å². The summed E-state index contributed by atoms with van der Waals surface area (Å²) in [6.07, 6.45) is 3.60. The Bertz CT molecular complexity index is 1160. The first-order chi connectivity index (χ1) is 15.3. The molecular weight excluding hydrogens is 412 g/mol. The van der Waals surface area contributed by atoms with Crippen molar-refractivity contribution in [2.24, 2.45) is 0 Å². The summed E-state index contributed by atoms with van der Waals surface area (Å²) in [5, 5.41) is 6.12. The van der Waals surface area contributed by atoms with Crippen LogP contribution in [0, 0.1) is 0 Å². The molecule has 0 N–H and O–H groups in total. The number of para-hydroxylation sites is 1. The molecule has 0 amide bonds. The predicted molar refractivity (Wildman–Crippen MR) is 121 cm³/mol. The molecule has 160 valence electrons. The molecule has 1 saturated heterocycles. The molecular formula is C24H25ClN4O2. The Morgan fingerprint density at radius 3 is 2.61 bits per heavy atom. The summed E-state index contributed by atoms with van der Waals surface area (Å²) in [7, 11) is 0. The van der Waals surface area contributed by atoms with E-state index >= 15 is 0 Å². The van der Waals surface area contributed by atoms with Gasteiger partial charge in [0.1, 0.15) is 0 Å². The number of nitrogens with zero attached hydrogens (tertiary/aromatic N) is 4. The second-order valence-electron chi connectivity index (χ2n) is 7.81. The summed E-state index contributed by atoms with van der Waals surface area (Å²) in [6.45, 7) is 5.52. The lowest BCUT2D eigenvalue weighted by atomic mass is 10.1. The van der Waals surface area contributed by atoms with E-state index in [1.54, 1.807) is 0 Å². The molecule has 0 radical (unpaired) electrons. The molecule has 3 heterocycles. The average Bonchev–Trinajstić information content (AvgIpc) is 3.42. The van der Waals surface area contributed by atoms with Crippen molar-refractivity contribution in [2.45, 2.75) is 19.4 Å². The van der Waals surface area contributed by atoms with E-state index in [-0.39, 0.29) is 0 Å². The van der Waals surface area contributed by atoms with Gasteiger partial charge in [0.15, 0.2) is 5.82 Å². The van der Waals surface area contributed by atoms with Gasteiger partial charge in [0.25, 0.3) is 5.89 Å². The molecule has 1 aliphatic heterocycles.